The maximum Gasteiger partial charge on any atom is 0.356 e. The molecule has 0 saturated carbocycles. The highest BCUT2D eigenvalue weighted by Crippen LogP contribution is 2.21. The number of methoxy groups -OCH3 is 1. The Morgan fingerprint density at radius 3 is 2.95 bits per heavy atom. The zero-order valence-corrected chi connectivity index (χ0v) is 12.6. The molecule has 0 atom stereocenters. The molecule has 0 amide bonds. The Morgan fingerprint density at radius 1 is 1.32 bits per heavy atom. The van der Waals surface area contributed by atoms with Crippen molar-refractivity contribution in [2.45, 2.75) is 19.8 Å². The van der Waals surface area contributed by atoms with E-state index in [0.717, 1.165) is 24.1 Å². The van der Waals surface area contributed by atoms with Gasteiger partial charge in [0, 0.05) is 17.8 Å². The van der Waals surface area contributed by atoms with Crippen LogP contribution in [0.4, 0.5) is 0 Å². The quantitative estimate of drug-likeness (QED) is 0.694. The molecule has 0 fully saturated rings. The number of fused-ring (bicyclic) bond motifs is 1. The zero-order valence-electron chi connectivity index (χ0n) is 12.6. The number of nitrogens with zero attached hydrogens (tertiary/aromatic N) is 3. The maximum atomic E-state index is 11.5. The van der Waals surface area contributed by atoms with Gasteiger partial charge in [0.2, 0.25) is 0 Å². The average molecular weight is 295 g/mol. The van der Waals surface area contributed by atoms with E-state index in [-0.39, 0.29) is 5.69 Å². The maximum absolute atomic E-state index is 11.5. The second kappa shape index (κ2) is 5.97. The van der Waals surface area contributed by atoms with Crippen LogP contribution in [0.25, 0.3) is 16.9 Å². The number of aromatic nitrogens is 3. The van der Waals surface area contributed by atoms with Crippen LogP contribution in [-0.2, 0) is 11.2 Å². The molecule has 3 aromatic rings. The number of carbonyl (C=O) groups excluding carboxylic acids is 1. The summed E-state index contributed by atoms with van der Waals surface area (Å²) in [5.41, 5.74) is 4.15. The second-order valence-electron chi connectivity index (χ2n) is 5.11. The Balaban J connectivity index is 2.01. The number of imidazole rings is 1. The third kappa shape index (κ3) is 2.70. The summed E-state index contributed by atoms with van der Waals surface area (Å²) in [5.74, 6) is -0.461. The van der Waals surface area contributed by atoms with Crippen molar-refractivity contribution in [3.05, 3.63) is 54.1 Å². The van der Waals surface area contributed by atoms with E-state index in [1.165, 1.54) is 12.7 Å². The fourth-order valence-electron chi connectivity index (χ4n) is 2.42. The minimum atomic E-state index is -0.461. The second-order valence-corrected chi connectivity index (χ2v) is 5.11. The van der Waals surface area contributed by atoms with Gasteiger partial charge in [-0.15, -0.1) is 0 Å². The molecule has 0 radical (unpaired) electrons. The van der Waals surface area contributed by atoms with Gasteiger partial charge in [-0.05, 0) is 18.1 Å². The Labute approximate surface area is 128 Å². The van der Waals surface area contributed by atoms with Crippen LogP contribution in [0.2, 0.25) is 0 Å². The van der Waals surface area contributed by atoms with Crippen molar-refractivity contribution in [2.75, 3.05) is 7.11 Å². The predicted molar refractivity (Wildman–Crippen MR) is 83.8 cm³/mol. The standard InChI is InChI=1S/C17H17N3O2/c1-3-5-12-6-4-7-13(8-12)15-10-20-11-18-14(17(21)22-2)9-16(20)19-15/h4,6-11H,3,5H2,1-2H3. The van der Waals surface area contributed by atoms with E-state index in [2.05, 4.69) is 33.8 Å². The lowest BCUT2D eigenvalue weighted by Gasteiger charge is -2.01. The van der Waals surface area contributed by atoms with Gasteiger partial charge in [-0.25, -0.2) is 14.8 Å². The molecule has 3 rings (SSSR count). The minimum Gasteiger partial charge on any atom is -0.464 e. The van der Waals surface area contributed by atoms with Crippen LogP contribution >= 0.6 is 0 Å². The van der Waals surface area contributed by atoms with E-state index in [4.69, 9.17) is 0 Å². The van der Waals surface area contributed by atoms with Gasteiger partial charge in [0.1, 0.15) is 12.0 Å². The van der Waals surface area contributed by atoms with Gasteiger partial charge >= 0.3 is 5.97 Å². The summed E-state index contributed by atoms with van der Waals surface area (Å²) in [5, 5.41) is 0. The number of ether oxygens (including phenoxy) is 1. The van der Waals surface area contributed by atoms with Crippen LogP contribution in [-0.4, -0.2) is 27.4 Å². The van der Waals surface area contributed by atoms with Gasteiger partial charge in [-0.3, -0.25) is 4.40 Å². The highest BCUT2D eigenvalue weighted by molar-refractivity contribution is 5.88. The first-order valence-electron chi connectivity index (χ1n) is 7.23. The van der Waals surface area contributed by atoms with Gasteiger partial charge < -0.3 is 4.74 Å². The summed E-state index contributed by atoms with van der Waals surface area (Å²) >= 11 is 0. The Hall–Kier alpha value is -2.69. The number of aryl methyl sites for hydroxylation is 1. The number of benzene rings is 1. The fourth-order valence-corrected chi connectivity index (χ4v) is 2.42. The predicted octanol–water partition coefficient (Wildman–Crippen LogP) is 3.14. The van der Waals surface area contributed by atoms with Crippen molar-refractivity contribution in [3.8, 4) is 11.3 Å². The van der Waals surface area contributed by atoms with Gasteiger partial charge in [-0.2, -0.15) is 0 Å². The highest BCUT2D eigenvalue weighted by atomic mass is 16.5. The number of hydrogen-bond acceptors (Lipinski definition) is 4. The summed E-state index contributed by atoms with van der Waals surface area (Å²) in [6.45, 7) is 2.16. The summed E-state index contributed by atoms with van der Waals surface area (Å²) in [4.78, 5) is 20.2. The molecule has 0 saturated heterocycles. The Kier molecular flexibility index (Phi) is 3.87. The van der Waals surface area contributed by atoms with Crippen molar-refractivity contribution >= 4 is 11.6 Å². The van der Waals surface area contributed by atoms with E-state index in [1.54, 1.807) is 16.8 Å². The molecule has 0 spiro atoms. The molecule has 0 aliphatic rings. The van der Waals surface area contributed by atoms with E-state index in [1.807, 2.05) is 18.3 Å². The molecule has 1 aromatic carbocycles. The van der Waals surface area contributed by atoms with Crippen LogP contribution in [0.1, 0.15) is 29.4 Å². The fraction of sp³-hybridized carbons (Fsp3) is 0.235. The molecule has 0 unspecified atom stereocenters. The van der Waals surface area contributed by atoms with Crippen LogP contribution in [0.3, 0.4) is 0 Å². The van der Waals surface area contributed by atoms with Gasteiger partial charge in [-0.1, -0.05) is 31.5 Å². The molecule has 2 heterocycles. The van der Waals surface area contributed by atoms with E-state index in [0.29, 0.717) is 5.65 Å². The SMILES string of the molecule is CCCc1cccc(-c2cn3cnc(C(=O)OC)cc3n2)c1. The molecule has 5 nitrogen and oxygen atoms in total. The molecule has 2 aromatic heterocycles. The van der Waals surface area contributed by atoms with Crippen molar-refractivity contribution in [1.82, 2.24) is 14.4 Å². The van der Waals surface area contributed by atoms with E-state index in [9.17, 15) is 4.79 Å². The van der Waals surface area contributed by atoms with Crippen molar-refractivity contribution in [2.24, 2.45) is 0 Å². The molecule has 22 heavy (non-hydrogen) atoms. The topological polar surface area (TPSA) is 56.5 Å². The van der Waals surface area contributed by atoms with Crippen LogP contribution < -0.4 is 0 Å². The number of rotatable bonds is 4. The first-order chi connectivity index (χ1) is 10.7. The molecule has 0 aliphatic carbocycles. The van der Waals surface area contributed by atoms with Gasteiger partial charge in [0.05, 0.1) is 12.8 Å². The average Bonchev–Trinajstić information content (AvgIpc) is 2.98. The van der Waals surface area contributed by atoms with E-state index >= 15 is 0 Å². The third-order valence-corrected chi connectivity index (χ3v) is 3.50. The molecular formula is C17H17N3O2. The van der Waals surface area contributed by atoms with Crippen molar-refractivity contribution in [3.63, 3.8) is 0 Å². The van der Waals surface area contributed by atoms with Crippen LogP contribution in [0, 0.1) is 0 Å². The first-order valence-corrected chi connectivity index (χ1v) is 7.23. The lowest BCUT2D eigenvalue weighted by Crippen LogP contribution is -2.04. The Bertz CT molecular complexity index is 824. The van der Waals surface area contributed by atoms with Crippen molar-refractivity contribution < 1.29 is 9.53 Å². The van der Waals surface area contributed by atoms with E-state index < -0.39 is 5.97 Å². The summed E-state index contributed by atoms with van der Waals surface area (Å²) in [6, 6.07) is 9.99. The molecule has 5 heteroatoms. The van der Waals surface area contributed by atoms with Gasteiger partial charge in [0.25, 0.3) is 0 Å². The molecule has 112 valence electrons. The lowest BCUT2D eigenvalue weighted by molar-refractivity contribution is 0.0594. The monoisotopic (exact) mass is 295 g/mol. The summed E-state index contributed by atoms with van der Waals surface area (Å²) in [7, 11) is 1.34. The molecule has 0 N–H and O–H groups in total. The largest absolute Gasteiger partial charge is 0.464 e. The number of carbonyl (C=O) groups is 1. The highest BCUT2D eigenvalue weighted by Gasteiger charge is 2.11. The molecule has 0 aliphatic heterocycles. The van der Waals surface area contributed by atoms with Crippen LogP contribution in [0.15, 0.2) is 42.9 Å². The van der Waals surface area contributed by atoms with Gasteiger partial charge in [0.15, 0.2) is 5.69 Å². The number of esters is 1. The normalized spacial score (nSPS) is 10.8. The molecule has 0 bridgehead atoms. The van der Waals surface area contributed by atoms with Crippen LogP contribution in [0.5, 0.6) is 0 Å². The third-order valence-electron chi connectivity index (χ3n) is 3.50. The summed E-state index contributed by atoms with van der Waals surface area (Å²) in [6.07, 6.45) is 5.65. The first kappa shape index (κ1) is 14.3. The lowest BCUT2D eigenvalue weighted by atomic mass is 10.1. The van der Waals surface area contributed by atoms with Crippen molar-refractivity contribution in [1.29, 1.82) is 0 Å². The number of hydrogen-bond donors (Lipinski definition) is 0. The summed E-state index contributed by atoms with van der Waals surface area (Å²) < 4.78 is 6.48. The molecular weight excluding hydrogens is 278 g/mol. The Morgan fingerprint density at radius 2 is 2.18 bits per heavy atom. The smallest absolute Gasteiger partial charge is 0.356 e. The minimum absolute atomic E-state index is 0.256. The zero-order chi connectivity index (χ0) is 15.5.